The molecule has 0 saturated heterocycles. The molecule has 0 spiro atoms. The molecule has 0 heterocycles. The van der Waals surface area contributed by atoms with E-state index in [1.165, 1.54) is 186 Å². The molecule has 6 atom stereocenters. The summed E-state index contributed by atoms with van der Waals surface area (Å²) in [7, 11) is -9.91. The second-order valence-corrected chi connectivity index (χ2v) is 32.7. The van der Waals surface area contributed by atoms with Crippen LogP contribution >= 0.6 is 15.6 Å². The van der Waals surface area contributed by atoms with E-state index in [0.717, 1.165) is 120 Å². The third kappa shape index (κ3) is 70.9. The molecule has 19 heteroatoms. The van der Waals surface area contributed by atoms with Gasteiger partial charge < -0.3 is 33.8 Å². The van der Waals surface area contributed by atoms with E-state index >= 15 is 0 Å². The lowest BCUT2D eigenvalue weighted by Crippen LogP contribution is -2.30. The molecule has 0 aliphatic heterocycles. The molecule has 0 aromatic rings. The molecule has 576 valence electrons. The summed E-state index contributed by atoms with van der Waals surface area (Å²) in [5.74, 6) is 0.907. The highest BCUT2D eigenvalue weighted by atomic mass is 31.2. The number of hydrogen-bond donors (Lipinski definition) is 3. The van der Waals surface area contributed by atoms with Crippen molar-refractivity contribution in [3.63, 3.8) is 0 Å². The minimum atomic E-state index is -4.96. The summed E-state index contributed by atoms with van der Waals surface area (Å²) in [5.41, 5.74) is 0. The Morgan fingerprint density at radius 3 is 0.732 bits per heavy atom. The van der Waals surface area contributed by atoms with Crippen LogP contribution in [0.5, 0.6) is 0 Å². The van der Waals surface area contributed by atoms with E-state index in [0.29, 0.717) is 31.6 Å². The second kappa shape index (κ2) is 67.2. The minimum Gasteiger partial charge on any atom is -0.462 e. The van der Waals surface area contributed by atoms with Crippen LogP contribution in [0.4, 0.5) is 0 Å². The van der Waals surface area contributed by atoms with Crippen LogP contribution in [-0.4, -0.2) is 96.7 Å². The van der Waals surface area contributed by atoms with E-state index < -0.39 is 97.5 Å². The summed E-state index contributed by atoms with van der Waals surface area (Å²) >= 11 is 0. The Balaban J connectivity index is 5.17. The van der Waals surface area contributed by atoms with Crippen molar-refractivity contribution in [2.24, 2.45) is 23.7 Å². The highest BCUT2D eigenvalue weighted by molar-refractivity contribution is 7.47. The minimum absolute atomic E-state index is 0.106. The molecule has 0 radical (unpaired) electrons. The van der Waals surface area contributed by atoms with Crippen molar-refractivity contribution < 1.29 is 80.2 Å². The quantitative estimate of drug-likeness (QED) is 0.0222. The number of aliphatic hydroxyl groups excluding tert-OH is 1. The highest BCUT2D eigenvalue weighted by Crippen LogP contribution is 2.45. The van der Waals surface area contributed by atoms with E-state index in [9.17, 15) is 43.2 Å². The van der Waals surface area contributed by atoms with Crippen LogP contribution in [0.3, 0.4) is 0 Å². The van der Waals surface area contributed by atoms with Gasteiger partial charge in [0.15, 0.2) is 12.2 Å². The summed E-state index contributed by atoms with van der Waals surface area (Å²) in [6.45, 7) is 14.2. The van der Waals surface area contributed by atoms with Gasteiger partial charge in [-0.1, -0.05) is 344 Å². The molecule has 97 heavy (non-hydrogen) atoms. The van der Waals surface area contributed by atoms with Crippen LogP contribution in [0.15, 0.2) is 0 Å². The first-order valence-corrected chi connectivity index (χ1v) is 43.2. The van der Waals surface area contributed by atoms with E-state index in [-0.39, 0.29) is 25.7 Å². The number of carbonyl (C=O) groups excluding carboxylic acids is 4. The average Bonchev–Trinajstić information content (AvgIpc) is 1.25. The van der Waals surface area contributed by atoms with Crippen molar-refractivity contribution in [1.29, 1.82) is 0 Å². The van der Waals surface area contributed by atoms with E-state index in [4.69, 9.17) is 37.0 Å². The lowest BCUT2D eigenvalue weighted by molar-refractivity contribution is -0.161. The van der Waals surface area contributed by atoms with Crippen LogP contribution in [0.2, 0.25) is 0 Å². The number of phosphoric ester groups is 2. The summed E-state index contributed by atoms with van der Waals surface area (Å²) in [5, 5.41) is 10.6. The maximum Gasteiger partial charge on any atom is 0.472 e. The Morgan fingerprint density at radius 1 is 0.289 bits per heavy atom. The van der Waals surface area contributed by atoms with Gasteiger partial charge in [-0.05, 0) is 49.4 Å². The Bertz CT molecular complexity index is 1900. The van der Waals surface area contributed by atoms with Gasteiger partial charge in [0.05, 0.1) is 26.4 Å². The van der Waals surface area contributed by atoms with E-state index in [2.05, 4.69) is 55.4 Å². The summed E-state index contributed by atoms with van der Waals surface area (Å²) in [6, 6.07) is 0. The lowest BCUT2D eigenvalue weighted by atomic mass is 10.00. The SMILES string of the molecule is CCC(C)CCCCCCCCC(=O)OC[C@H](COP(=O)(O)OCC(O)COP(=O)(O)OC[C@@H](COC(=O)CCCCCCCCC(C)C)OC(=O)CCCCCCCCCCCCCCCCCCC(C)C)OC(=O)CCCCCCCCCCCCCCCCCCC(C)C. The molecule has 0 saturated carbocycles. The number of ether oxygens (including phenoxy) is 4. The average molecular weight is 1420 g/mol. The first-order chi connectivity index (χ1) is 46.6. The summed E-state index contributed by atoms with van der Waals surface area (Å²) in [4.78, 5) is 72.8. The van der Waals surface area contributed by atoms with Crippen LogP contribution in [0.1, 0.15) is 396 Å². The van der Waals surface area contributed by atoms with Gasteiger partial charge >= 0.3 is 39.5 Å². The Hall–Kier alpha value is -1.94. The zero-order chi connectivity index (χ0) is 71.7. The zero-order valence-electron chi connectivity index (χ0n) is 63.7. The fraction of sp³-hybridized carbons (Fsp3) is 0.949. The molecule has 0 fully saturated rings. The van der Waals surface area contributed by atoms with E-state index in [1.807, 2.05) is 0 Å². The Labute approximate surface area is 594 Å². The van der Waals surface area contributed by atoms with Crippen molar-refractivity contribution in [3.05, 3.63) is 0 Å². The molecule has 0 amide bonds. The van der Waals surface area contributed by atoms with Crippen molar-refractivity contribution in [3.8, 4) is 0 Å². The van der Waals surface area contributed by atoms with Gasteiger partial charge in [0.25, 0.3) is 0 Å². The highest BCUT2D eigenvalue weighted by Gasteiger charge is 2.30. The maximum atomic E-state index is 13.1. The molecule has 0 aliphatic carbocycles. The van der Waals surface area contributed by atoms with Gasteiger partial charge in [0, 0.05) is 25.7 Å². The van der Waals surface area contributed by atoms with Crippen molar-refractivity contribution in [2.75, 3.05) is 39.6 Å². The first-order valence-electron chi connectivity index (χ1n) is 40.2. The second-order valence-electron chi connectivity index (χ2n) is 29.8. The first kappa shape index (κ1) is 95.1. The molecular formula is C78H152O17P2. The third-order valence-electron chi connectivity index (χ3n) is 18.4. The smallest absolute Gasteiger partial charge is 0.462 e. The Morgan fingerprint density at radius 2 is 0.495 bits per heavy atom. The van der Waals surface area contributed by atoms with Gasteiger partial charge in [-0.3, -0.25) is 37.3 Å². The van der Waals surface area contributed by atoms with Crippen molar-refractivity contribution in [2.45, 2.75) is 414 Å². The normalized spacial score (nSPS) is 14.4. The van der Waals surface area contributed by atoms with Crippen molar-refractivity contribution in [1.82, 2.24) is 0 Å². The molecule has 4 unspecified atom stereocenters. The van der Waals surface area contributed by atoms with Gasteiger partial charge in [0.2, 0.25) is 0 Å². The van der Waals surface area contributed by atoms with Gasteiger partial charge in [-0.25, -0.2) is 9.13 Å². The predicted octanol–water partition coefficient (Wildman–Crippen LogP) is 22.8. The largest absolute Gasteiger partial charge is 0.472 e. The van der Waals surface area contributed by atoms with Gasteiger partial charge in [-0.15, -0.1) is 0 Å². The molecule has 17 nitrogen and oxygen atoms in total. The number of phosphoric acid groups is 2. The predicted molar refractivity (Wildman–Crippen MR) is 395 cm³/mol. The topological polar surface area (TPSA) is 237 Å². The van der Waals surface area contributed by atoms with Crippen LogP contribution in [-0.2, 0) is 65.4 Å². The number of unbranched alkanes of at least 4 members (excludes halogenated alkanes) is 40. The monoisotopic (exact) mass is 1420 g/mol. The van der Waals surface area contributed by atoms with Crippen molar-refractivity contribution >= 4 is 39.5 Å². The third-order valence-corrected chi connectivity index (χ3v) is 20.3. The zero-order valence-corrected chi connectivity index (χ0v) is 65.5. The molecule has 3 N–H and O–H groups in total. The summed E-state index contributed by atoms with van der Waals surface area (Å²) < 4.78 is 68.5. The standard InChI is InChI=1S/C78H152O17P2/c1-9-71(8)57-49-41-35-37-43-51-59-76(81)89-65-74(95-78(83)61-53-45-33-29-25-21-17-13-11-15-19-23-27-31-39-47-55-69(4)5)67-93-97(86,87)91-63-72(79)62-90-96(84,85)92-66-73(64-88-75(80)58-50-42-36-34-40-48-56-70(6)7)94-77(82)60-52-44-32-28-24-20-16-12-10-14-18-22-26-30-38-46-54-68(2)3/h68-74,79H,9-67H2,1-8H3,(H,84,85)(H,86,87)/t71?,72?,73-,74-/m1/s1. The number of aliphatic hydroxyl groups is 1. The molecule has 0 aromatic carbocycles. The van der Waals surface area contributed by atoms with Gasteiger partial charge in [-0.2, -0.15) is 0 Å². The molecule has 0 aliphatic rings. The molecule has 0 bridgehead atoms. The molecule has 0 rings (SSSR count). The number of carbonyl (C=O) groups is 4. The van der Waals surface area contributed by atoms with E-state index in [1.54, 1.807) is 0 Å². The number of hydrogen-bond acceptors (Lipinski definition) is 15. The lowest BCUT2D eigenvalue weighted by Gasteiger charge is -2.21. The number of rotatable bonds is 75. The van der Waals surface area contributed by atoms with Crippen LogP contribution < -0.4 is 0 Å². The van der Waals surface area contributed by atoms with Gasteiger partial charge in [0.1, 0.15) is 19.3 Å². The molecule has 0 aromatic heterocycles. The fourth-order valence-corrected chi connectivity index (χ4v) is 13.5. The fourth-order valence-electron chi connectivity index (χ4n) is 11.9. The molecular weight excluding hydrogens is 1270 g/mol. The maximum absolute atomic E-state index is 13.1. The number of esters is 4. The van der Waals surface area contributed by atoms with Crippen LogP contribution in [0, 0.1) is 23.7 Å². The van der Waals surface area contributed by atoms with Crippen LogP contribution in [0.25, 0.3) is 0 Å². The Kier molecular flexibility index (Phi) is 65.9. The summed E-state index contributed by atoms with van der Waals surface area (Å²) in [6.07, 6.45) is 53.0.